The molecule has 1 heterocycles. The number of rotatable bonds is 4. The molecule has 0 radical (unpaired) electrons. The minimum absolute atomic E-state index is 0.103. The summed E-state index contributed by atoms with van der Waals surface area (Å²) < 4.78 is 1.61. The summed E-state index contributed by atoms with van der Waals surface area (Å²) in [4.78, 5) is 14.2. The highest BCUT2D eigenvalue weighted by Gasteiger charge is 2.23. The highest BCUT2D eigenvalue weighted by Crippen LogP contribution is 2.29. The van der Waals surface area contributed by atoms with E-state index in [1.54, 1.807) is 17.0 Å². The van der Waals surface area contributed by atoms with Gasteiger partial charge in [-0.1, -0.05) is 26.2 Å². The van der Waals surface area contributed by atoms with E-state index in [-0.39, 0.29) is 5.69 Å². The lowest BCUT2D eigenvalue weighted by atomic mass is 9.83. The Labute approximate surface area is 125 Å². The smallest absolute Gasteiger partial charge is 0.330 e. The second-order valence-corrected chi connectivity index (χ2v) is 5.89. The van der Waals surface area contributed by atoms with Crippen LogP contribution in [-0.2, 0) is 0 Å². The molecule has 2 atom stereocenters. The molecule has 21 heavy (non-hydrogen) atoms. The number of H-pyrrole nitrogens is 1. The predicted molar refractivity (Wildman–Crippen MR) is 86.0 cm³/mol. The van der Waals surface area contributed by atoms with Gasteiger partial charge in [-0.05, 0) is 43.0 Å². The monoisotopic (exact) mass is 285 g/mol. The lowest BCUT2D eigenvalue weighted by Crippen LogP contribution is -2.31. The second kappa shape index (κ2) is 6.20. The maximum Gasteiger partial charge on any atom is 0.330 e. The van der Waals surface area contributed by atoms with Gasteiger partial charge in [0, 0.05) is 24.1 Å². The fourth-order valence-corrected chi connectivity index (χ4v) is 3.34. The Morgan fingerprint density at radius 1 is 1.24 bits per heavy atom. The van der Waals surface area contributed by atoms with Crippen molar-refractivity contribution in [2.75, 3.05) is 5.32 Å². The van der Waals surface area contributed by atoms with E-state index < -0.39 is 0 Å². The molecule has 0 saturated heterocycles. The molecular weight excluding hydrogens is 262 g/mol. The number of hydrogen-bond donors (Lipinski definition) is 2. The van der Waals surface area contributed by atoms with Crippen molar-refractivity contribution < 1.29 is 0 Å². The van der Waals surface area contributed by atoms with E-state index in [9.17, 15) is 4.79 Å². The number of hydrogen-bond acceptors (Lipinski definition) is 2. The van der Waals surface area contributed by atoms with Crippen LogP contribution in [0.15, 0.2) is 41.5 Å². The van der Waals surface area contributed by atoms with E-state index in [1.165, 1.54) is 32.1 Å². The summed E-state index contributed by atoms with van der Waals surface area (Å²) in [7, 11) is 0. The summed E-state index contributed by atoms with van der Waals surface area (Å²) in [5.74, 6) is 0.783. The first kappa shape index (κ1) is 14.0. The second-order valence-electron chi connectivity index (χ2n) is 5.89. The maximum atomic E-state index is 11.6. The van der Waals surface area contributed by atoms with E-state index in [2.05, 4.69) is 29.4 Å². The van der Waals surface area contributed by atoms with E-state index in [4.69, 9.17) is 0 Å². The van der Waals surface area contributed by atoms with Crippen LogP contribution in [0.3, 0.4) is 0 Å². The lowest BCUT2D eigenvalue weighted by molar-refractivity contribution is 0.317. The molecule has 1 aliphatic rings. The van der Waals surface area contributed by atoms with Crippen molar-refractivity contribution in [3.05, 3.63) is 47.1 Å². The van der Waals surface area contributed by atoms with Crippen LogP contribution in [0.1, 0.15) is 39.0 Å². The van der Waals surface area contributed by atoms with E-state index >= 15 is 0 Å². The zero-order valence-corrected chi connectivity index (χ0v) is 12.5. The quantitative estimate of drug-likeness (QED) is 0.902. The Hall–Kier alpha value is -1.97. The molecule has 2 N–H and O–H groups in total. The van der Waals surface area contributed by atoms with Crippen molar-refractivity contribution in [3.63, 3.8) is 0 Å². The molecule has 1 fully saturated rings. The maximum absolute atomic E-state index is 11.6. The number of anilines is 1. The van der Waals surface area contributed by atoms with Crippen LogP contribution in [0.2, 0.25) is 0 Å². The number of aromatic nitrogens is 2. The third-order valence-corrected chi connectivity index (χ3v) is 4.58. The molecule has 1 aromatic carbocycles. The van der Waals surface area contributed by atoms with Gasteiger partial charge in [-0.15, -0.1) is 0 Å². The molecule has 3 rings (SSSR count). The van der Waals surface area contributed by atoms with Gasteiger partial charge in [0.2, 0.25) is 0 Å². The van der Waals surface area contributed by atoms with Crippen molar-refractivity contribution in [1.29, 1.82) is 0 Å². The van der Waals surface area contributed by atoms with E-state index in [0.717, 1.165) is 17.3 Å². The van der Waals surface area contributed by atoms with Crippen LogP contribution in [0.25, 0.3) is 5.69 Å². The Balaban J connectivity index is 1.72. The van der Waals surface area contributed by atoms with Crippen molar-refractivity contribution in [1.82, 2.24) is 9.55 Å². The Kier molecular flexibility index (Phi) is 4.13. The average Bonchev–Trinajstić information content (AvgIpc) is 2.95. The Morgan fingerprint density at radius 2 is 2.00 bits per heavy atom. The Morgan fingerprint density at radius 3 is 2.67 bits per heavy atom. The van der Waals surface area contributed by atoms with Crippen LogP contribution in [0, 0.1) is 5.92 Å². The summed E-state index contributed by atoms with van der Waals surface area (Å²) in [6.45, 7) is 2.28. The number of imidazole rings is 1. The SMILES string of the molecule is CCC1CCCCC1Nc1ccc(-n2cc[nH]c2=O)cc1. The molecule has 2 aromatic rings. The number of aromatic amines is 1. The van der Waals surface area contributed by atoms with Gasteiger partial charge in [0.15, 0.2) is 0 Å². The van der Waals surface area contributed by atoms with Gasteiger partial charge in [0.25, 0.3) is 0 Å². The van der Waals surface area contributed by atoms with Crippen molar-refractivity contribution in [2.45, 2.75) is 45.1 Å². The lowest BCUT2D eigenvalue weighted by Gasteiger charge is -2.32. The van der Waals surface area contributed by atoms with Crippen LogP contribution in [0.5, 0.6) is 0 Å². The standard InChI is InChI=1S/C17H23N3O/c1-2-13-5-3-4-6-16(13)19-14-7-9-15(10-8-14)20-12-11-18-17(20)21/h7-13,16,19H,2-6H2,1H3,(H,18,21). The normalized spacial score (nSPS) is 22.1. The first-order valence-corrected chi connectivity index (χ1v) is 7.91. The first-order chi connectivity index (χ1) is 10.3. The fourth-order valence-electron chi connectivity index (χ4n) is 3.34. The van der Waals surface area contributed by atoms with Gasteiger partial charge in [-0.25, -0.2) is 4.79 Å². The van der Waals surface area contributed by atoms with Crippen LogP contribution < -0.4 is 11.0 Å². The highest BCUT2D eigenvalue weighted by molar-refractivity contribution is 5.49. The van der Waals surface area contributed by atoms with Crippen molar-refractivity contribution in [2.24, 2.45) is 5.92 Å². The van der Waals surface area contributed by atoms with Crippen molar-refractivity contribution >= 4 is 5.69 Å². The van der Waals surface area contributed by atoms with E-state index in [0.29, 0.717) is 6.04 Å². The number of nitrogens with zero attached hydrogens (tertiary/aromatic N) is 1. The fraction of sp³-hybridized carbons (Fsp3) is 0.471. The van der Waals surface area contributed by atoms with Gasteiger partial charge < -0.3 is 10.3 Å². The summed E-state index contributed by atoms with van der Waals surface area (Å²) in [6, 6.07) is 8.69. The predicted octanol–water partition coefficient (Wildman–Crippen LogP) is 3.55. The average molecular weight is 285 g/mol. The van der Waals surface area contributed by atoms with Crippen LogP contribution >= 0.6 is 0 Å². The zero-order chi connectivity index (χ0) is 14.7. The van der Waals surface area contributed by atoms with Gasteiger partial charge in [0.1, 0.15) is 0 Å². The highest BCUT2D eigenvalue weighted by atomic mass is 16.1. The summed E-state index contributed by atoms with van der Waals surface area (Å²) >= 11 is 0. The van der Waals surface area contributed by atoms with Crippen molar-refractivity contribution in [3.8, 4) is 5.69 Å². The molecule has 112 valence electrons. The Bertz CT molecular complexity index is 626. The topological polar surface area (TPSA) is 49.8 Å². The minimum atomic E-state index is -0.103. The molecule has 0 spiro atoms. The third-order valence-electron chi connectivity index (χ3n) is 4.58. The molecule has 1 aliphatic carbocycles. The molecule has 0 amide bonds. The van der Waals surface area contributed by atoms with Gasteiger partial charge in [-0.3, -0.25) is 4.57 Å². The first-order valence-electron chi connectivity index (χ1n) is 7.91. The third kappa shape index (κ3) is 3.04. The van der Waals surface area contributed by atoms with Crippen LogP contribution in [0.4, 0.5) is 5.69 Å². The van der Waals surface area contributed by atoms with Crippen LogP contribution in [-0.4, -0.2) is 15.6 Å². The van der Waals surface area contributed by atoms with Gasteiger partial charge in [0.05, 0.1) is 5.69 Å². The minimum Gasteiger partial charge on any atom is -0.382 e. The summed E-state index contributed by atoms with van der Waals surface area (Å²) in [5, 5.41) is 3.67. The summed E-state index contributed by atoms with van der Waals surface area (Å²) in [6.07, 6.45) is 9.94. The molecule has 2 unspecified atom stereocenters. The molecule has 4 nitrogen and oxygen atoms in total. The number of nitrogens with one attached hydrogen (secondary N) is 2. The molecule has 0 bridgehead atoms. The summed E-state index contributed by atoms with van der Waals surface area (Å²) in [5.41, 5.74) is 1.93. The van der Waals surface area contributed by atoms with Gasteiger partial charge in [-0.2, -0.15) is 0 Å². The molecule has 1 aromatic heterocycles. The number of benzene rings is 1. The van der Waals surface area contributed by atoms with E-state index in [1.807, 2.05) is 12.1 Å². The van der Waals surface area contributed by atoms with Gasteiger partial charge >= 0.3 is 5.69 Å². The molecule has 4 heteroatoms. The molecular formula is C17H23N3O. The zero-order valence-electron chi connectivity index (χ0n) is 12.5. The molecule has 0 aliphatic heterocycles. The largest absolute Gasteiger partial charge is 0.382 e. The molecule has 1 saturated carbocycles.